The van der Waals surface area contributed by atoms with Crippen molar-refractivity contribution in [2.75, 3.05) is 14.2 Å². The highest BCUT2D eigenvalue weighted by Crippen LogP contribution is 2.43. The summed E-state index contributed by atoms with van der Waals surface area (Å²) in [5, 5.41) is 0. The molecule has 0 fully saturated rings. The Morgan fingerprint density at radius 2 is 1.65 bits per heavy atom. The van der Waals surface area contributed by atoms with Gasteiger partial charge >= 0.3 is 0 Å². The second-order valence-corrected chi connectivity index (χ2v) is 4.89. The quantitative estimate of drug-likeness (QED) is 0.855. The van der Waals surface area contributed by atoms with Gasteiger partial charge in [-0.15, -0.1) is 0 Å². The number of carbonyl (C=O) groups is 1. The SMILES string of the molecule is COc1cc2c(cc1OC)[C@@H](c1ccccc1)CC2=O. The van der Waals surface area contributed by atoms with E-state index in [0.29, 0.717) is 17.9 Å². The van der Waals surface area contributed by atoms with Crippen molar-refractivity contribution < 1.29 is 14.3 Å². The fourth-order valence-corrected chi connectivity index (χ4v) is 2.81. The van der Waals surface area contributed by atoms with Crippen LogP contribution in [-0.4, -0.2) is 20.0 Å². The minimum Gasteiger partial charge on any atom is -0.493 e. The van der Waals surface area contributed by atoms with Crippen molar-refractivity contribution in [1.82, 2.24) is 0 Å². The van der Waals surface area contributed by atoms with E-state index in [9.17, 15) is 4.79 Å². The molecule has 3 nitrogen and oxygen atoms in total. The summed E-state index contributed by atoms with van der Waals surface area (Å²) < 4.78 is 10.6. The molecule has 0 aliphatic heterocycles. The zero-order valence-electron chi connectivity index (χ0n) is 11.6. The summed E-state index contributed by atoms with van der Waals surface area (Å²) in [5.41, 5.74) is 2.93. The Morgan fingerprint density at radius 3 is 2.30 bits per heavy atom. The van der Waals surface area contributed by atoms with Crippen LogP contribution in [0.3, 0.4) is 0 Å². The molecule has 0 saturated heterocycles. The van der Waals surface area contributed by atoms with E-state index in [1.165, 1.54) is 0 Å². The van der Waals surface area contributed by atoms with Crippen LogP contribution in [0.1, 0.15) is 33.8 Å². The molecule has 0 N–H and O–H groups in total. The first-order chi connectivity index (χ1) is 9.74. The topological polar surface area (TPSA) is 35.5 Å². The maximum absolute atomic E-state index is 12.2. The molecule has 1 aliphatic carbocycles. The van der Waals surface area contributed by atoms with Gasteiger partial charge in [-0.25, -0.2) is 0 Å². The zero-order chi connectivity index (χ0) is 14.1. The molecule has 0 saturated carbocycles. The van der Waals surface area contributed by atoms with Crippen LogP contribution in [0.2, 0.25) is 0 Å². The lowest BCUT2D eigenvalue weighted by atomic mass is 9.93. The van der Waals surface area contributed by atoms with Gasteiger partial charge < -0.3 is 9.47 Å². The molecule has 1 atom stereocenters. The number of benzene rings is 2. The van der Waals surface area contributed by atoms with E-state index in [2.05, 4.69) is 12.1 Å². The van der Waals surface area contributed by atoms with Gasteiger partial charge in [0.2, 0.25) is 0 Å². The normalized spacial score (nSPS) is 16.9. The molecule has 1 aliphatic rings. The number of Topliss-reactive ketones (excluding diaryl/α,β-unsaturated/α-hetero) is 1. The predicted molar refractivity (Wildman–Crippen MR) is 76.8 cm³/mol. The Balaban J connectivity index is 2.12. The number of ether oxygens (including phenoxy) is 2. The Morgan fingerprint density at radius 1 is 1.00 bits per heavy atom. The van der Waals surface area contributed by atoms with Crippen LogP contribution in [0, 0.1) is 0 Å². The summed E-state index contributed by atoms with van der Waals surface area (Å²) in [5.74, 6) is 1.54. The first-order valence-electron chi connectivity index (χ1n) is 6.58. The van der Waals surface area contributed by atoms with Crippen LogP contribution in [0.4, 0.5) is 0 Å². The average molecular weight is 268 g/mol. The number of carbonyl (C=O) groups excluding carboxylic acids is 1. The Labute approximate surface area is 118 Å². The molecular weight excluding hydrogens is 252 g/mol. The largest absolute Gasteiger partial charge is 0.493 e. The van der Waals surface area contributed by atoms with Gasteiger partial charge in [0.1, 0.15) is 0 Å². The van der Waals surface area contributed by atoms with Gasteiger partial charge in [0.05, 0.1) is 14.2 Å². The fraction of sp³-hybridized carbons (Fsp3) is 0.235. The van der Waals surface area contributed by atoms with Gasteiger partial charge in [0.15, 0.2) is 17.3 Å². The summed E-state index contributed by atoms with van der Waals surface area (Å²) in [6.07, 6.45) is 0.510. The summed E-state index contributed by atoms with van der Waals surface area (Å²) in [7, 11) is 3.19. The van der Waals surface area contributed by atoms with Gasteiger partial charge in [-0.05, 0) is 23.3 Å². The average Bonchev–Trinajstić information content (AvgIpc) is 2.83. The zero-order valence-corrected chi connectivity index (χ0v) is 11.6. The Kier molecular flexibility index (Phi) is 3.18. The van der Waals surface area contributed by atoms with Gasteiger partial charge in [-0.2, -0.15) is 0 Å². The summed E-state index contributed by atoms with van der Waals surface area (Å²) in [6, 6.07) is 13.8. The first kappa shape index (κ1) is 12.7. The second kappa shape index (κ2) is 5.00. The van der Waals surface area contributed by atoms with Crippen LogP contribution in [0.5, 0.6) is 11.5 Å². The highest BCUT2D eigenvalue weighted by atomic mass is 16.5. The van der Waals surface area contributed by atoms with E-state index < -0.39 is 0 Å². The monoisotopic (exact) mass is 268 g/mol. The standard InChI is InChI=1S/C17H16O3/c1-19-16-9-13-12(11-6-4-3-5-7-11)8-15(18)14(13)10-17(16)20-2/h3-7,9-10,12H,8H2,1-2H3/t12-/m1/s1. The Hall–Kier alpha value is -2.29. The number of ketones is 1. The van der Waals surface area contributed by atoms with Crippen LogP contribution >= 0.6 is 0 Å². The molecule has 0 amide bonds. The van der Waals surface area contributed by atoms with Gasteiger partial charge in [0, 0.05) is 17.9 Å². The van der Waals surface area contributed by atoms with Crippen LogP contribution in [0.25, 0.3) is 0 Å². The molecule has 0 unspecified atom stereocenters. The van der Waals surface area contributed by atoms with Crippen LogP contribution < -0.4 is 9.47 Å². The molecule has 0 bridgehead atoms. The Bertz CT molecular complexity index is 647. The molecular formula is C17H16O3. The van der Waals surface area contributed by atoms with Crippen molar-refractivity contribution in [3.8, 4) is 11.5 Å². The number of rotatable bonds is 3. The van der Waals surface area contributed by atoms with Gasteiger partial charge in [-0.1, -0.05) is 30.3 Å². The summed E-state index contributed by atoms with van der Waals surface area (Å²) >= 11 is 0. The molecule has 102 valence electrons. The summed E-state index contributed by atoms with van der Waals surface area (Å²) in [4.78, 5) is 12.2. The highest BCUT2D eigenvalue weighted by molar-refractivity contribution is 6.02. The second-order valence-electron chi connectivity index (χ2n) is 4.89. The minimum absolute atomic E-state index is 0.110. The molecule has 2 aromatic carbocycles. The summed E-state index contributed by atoms with van der Waals surface area (Å²) in [6.45, 7) is 0. The highest BCUT2D eigenvalue weighted by Gasteiger charge is 2.32. The third-order valence-corrected chi connectivity index (χ3v) is 3.82. The van der Waals surface area contributed by atoms with Crippen molar-refractivity contribution in [2.45, 2.75) is 12.3 Å². The lowest BCUT2D eigenvalue weighted by molar-refractivity contribution is 0.0991. The number of hydrogen-bond donors (Lipinski definition) is 0. The molecule has 0 radical (unpaired) electrons. The van der Waals surface area contributed by atoms with Crippen molar-refractivity contribution >= 4 is 5.78 Å². The molecule has 20 heavy (non-hydrogen) atoms. The predicted octanol–water partition coefficient (Wildman–Crippen LogP) is 3.42. The van der Waals surface area contributed by atoms with Crippen molar-refractivity contribution in [1.29, 1.82) is 0 Å². The van der Waals surface area contributed by atoms with E-state index in [4.69, 9.17) is 9.47 Å². The van der Waals surface area contributed by atoms with Crippen molar-refractivity contribution in [3.63, 3.8) is 0 Å². The van der Waals surface area contributed by atoms with Gasteiger partial charge in [-0.3, -0.25) is 4.79 Å². The van der Waals surface area contributed by atoms with E-state index in [1.54, 1.807) is 20.3 Å². The van der Waals surface area contributed by atoms with Crippen molar-refractivity contribution in [3.05, 3.63) is 59.2 Å². The molecule has 3 rings (SSSR count). The maximum atomic E-state index is 12.2. The number of fused-ring (bicyclic) bond motifs is 1. The molecule has 0 aromatic heterocycles. The van der Waals surface area contributed by atoms with Crippen LogP contribution in [-0.2, 0) is 0 Å². The molecule has 0 spiro atoms. The lowest BCUT2D eigenvalue weighted by Gasteiger charge is -2.14. The van der Waals surface area contributed by atoms with E-state index in [0.717, 1.165) is 16.7 Å². The van der Waals surface area contributed by atoms with E-state index in [-0.39, 0.29) is 11.7 Å². The minimum atomic E-state index is 0.110. The number of hydrogen-bond acceptors (Lipinski definition) is 3. The molecule has 0 heterocycles. The maximum Gasteiger partial charge on any atom is 0.164 e. The molecule has 2 aromatic rings. The van der Waals surface area contributed by atoms with E-state index in [1.807, 2.05) is 24.3 Å². The molecule has 3 heteroatoms. The van der Waals surface area contributed by atoms with Gasteiger partial charge in [0.25, 0.3) is 0 Å². The lowest BCUT2D eigenvalue weighted by Crippen LogP contribution is -1.98. The fourth-order valence-electron chi connectivity index (χ4n) is 2.81. The number of methoxy groups -OCH3 is 2. The van der Waals surface area contributed by atoms with Crippen LogP contribution in [0.15, 0.2) is 42.5 Å². The smallest absolute Gasteiger partial charge is 0.164 e. The van der Waals surface area contributed by atoms with E-state index >= 15 is 0 Å². The third kappa shape index (κ3) is 1.95. The van der Waals surface area contributed by atoms with Crippen molar-refractivity contribution in [2.24, 2.45) is 0 Å². The first-order valence-corrected chi connectivity index (χ1v) is 6.58. The third-order valence-electron chi connectivity index (χ3n) is 3.82.